The molecule has 3 aromatic heterocycles. The van der Waals surface area contributed by atoms with Crippen molar-refractivity contribution < 1.29 is 9.21 Å². The van der Waals surface area contributed by atoms with Gasteiger partial charge in [-0.15, -0.1) is 0 Å². The fourth-order valence-corrected chi connectivity index (χ4v) is 2.74. The van der Waals surface area contributed by atoms with Crippen molar-refractivity contribution >= 4 is 23.2 Å². The Labute approximate surface area is 132 Å². The summed E-state index contributed by atoms with van der Waals surface area (Å²) >= 11 is 0. The maximum Gasteiger partial charge on any atom is 0.300 e. The SMILES string of the molecule is Cn1nccc1C(=O)N1CCN(c2nc3ncccc3o2)CC1. The van der Waals surface area contributed by atoms with E-state index in [2.05, 4.69) is 15.1 Å². The average molecular weight is 312 g/mol. The first-order valence-electron chi connectivity index (χ1n) is 7.46. The van der Waals surface area contributed by atoms with Crippen molar-refractivity contribution in [1.82, 2.24) is 24.6 Å². The van der Waals surface area contributed by atoms with E-state index in [1.807, 2.05) is 21.9 Å². The van der Waals surface area contributed by atoms with Crippen LogP contribution in [0.3, 0.4) is 0 Å². The van der Waals surface area contributed by atoms with E-state index < -0.39 is 0 Å². The highest BCUT2D eigenvalue weighted by Gasteiger charge is 2.26. The van der Waals surface area contributed by atoms with Gasteiger partial charge in [0, 0.05) is 45.6 Å². The number of aromatic nitrogens is 4. The van der Waals surface area contributed by atoms with Crippen LogP contribution in [0.25, 0.3) is 11.2 Å². The number of rotatable bonds is 2. The number of aryl methyl sites for hydroxylation is 1. The standard InChI is InChI=1S/C15H16N6O2/c1-19-11(4-6-17-19)14(22)20-7-9-21(10-8-20)15-18-13-12(23-15)3-2-5-16-13/h2-6H,7-10H2,1H3. The molecule has 0 radical (unpaired) electrons. The van der Waals surface area contributed by atoms with E-state index >= 15 is 0 Å². The van der Waals surface area contributed by atoms with Crippen LogP contribution in [0.2, 0.25) is 0 Å². The van der Waals surface area contributed by atoms with Gasteiger partial charge in [0.2, 0.25) is 5.65 Å². The van der Waals surface area contributed by atoms with Gasteiger partial charge in [-0.1, -0.05) is 0 Å². The smallest absolute Gasteiger partial charge is 0.300 e. The molecular formula is C15H16N6O2. The Balaban J connectivity index is 1.46. The Morgan fingerprint density at radius 1 is 1.17 bits per heavy atom. The van der Waals surface area contributed by atoms with Crippen LogP contribution >= 0.6 is 0 Å². The fourth-order valence-electron chi connectivity index (χ4n) is 2.74. The summed E-state index contributed by atoms with van der Waals surface area (Å²) in [5.41, 5.74) is 1.89. The second-order valence-electron chi connectivity index (χ2n) is 5.44. The molecule has 1 aliphatic heterocycles. The Kier molecular flexibility index (Phi) is 3.22. The van der Waals surface area contributed by atoms with Crippen LogP contribution in [-0.4, -0.2) is 56.7 Å². The Morgan fingerprint density at radius 2 is 2.00 bits per heavy atom. The van der Waals surface area contributed by atoms with Crippen LogP contribution in [0.1, 0.15) is 10.5 Å². The van der Waals surface area contributed by atoms with Gasteiger partial charge in [0.05, 0.1) is 0 Å². The van der Waals surface area contributed by atoms with Crippen LogP contribution in [0, 0.1) is 0 Å². The molecule has 3 aromatic rings. The predicted octanol–water partition coefficient (Wildman–Crippen LogP) is 0.919. The fraction of sp³-hybridized carbons (Fsp3) is 0.333. The number of carbonyl (C=O) groups excluding carboxylic acids is 1. The lowest BCUT2D eigenvalue weighted by Gasteiger charge is -2.33. The van der Waals surface area contributed by atoms with E-state index in [1.54, 1.807) is 30.2 Å². The topological polar surface area (TPSA) is 80.3 Å². The maximum absolute atomic E-state index is 12.5. The first kappa shape index (κ1) is 13.7. The van der Waals surface area contributed by atoms with E-state index in [0.717, 1.165) is 0 Å². The van der Waals surface area contributed by atoms with Gasteiger partial charge in [-0.05, 0) is 18.2 Å². The van der Waals surface area contributed by atoms with Crippen molar-refractivity contribution in [3.63, 3.8) is 0 Å². The molecule has 1 aliphatic rings. The van der Waals surface area contributed by atoms with Crippen molar-refractivity contribution in [3.05, 3.63) is 36.3 Å². The molecule has 1 saturated heterocycles. The van der Waals surface area contributed by atoms with Crippen molar-refractivity contribution in [2.24, 2.45) is 7.05 Å². The number of pyridine rings is 1. The van der Waals surface area contributed by atoms with Crippen molar-refractivity contribution in [1.29, 1.82) is 0 Å². The molecule has 23 heavy (non-hydrogen) atoms. The molecule has 4 heterocycles. The van der Waals surface area contributed by atoms with Gasteiger partial charge >= 0.3 is 0 Å². The highest BCUT2D eigenvalue weighted by Crippen LogP contribution is 2.21. The maximum atomic E-state index is 12.5. The first-order valence-corrected chi connectivity index (χ1v) is 7.46. The second-order valence-corrected chi connectivity index (χ2v) is 5.44. The third-order valence-corrected chi connectivity index (χ3v) is 4.03. The lowest BCUT2D eigenvalue weighted by Crippen LogP contribution is -2.49. The first-order chi connectivity index (χ1) is 11.2. The van der Waals surface area contributed by atoms with Gasteiger partial charge in [-0.2, -0.15) is 10.1 Å². The number of amides is 1. The number of oxazole rings is 1. The molecule has 8 nitrogen and oxygen atoms in total. The Morgan fingerprint density at radius 3 is 2.70 bits per heavy atom. The molecule has 0 atom stereocenters. The molecule has 0 saturated carbocycles. The molecule has 0 spiro atoms. The molecule has 1 fully saturated rings. The monoisotopic (exact) mass is 312 g/mol. The summed E-state index contributed by atoms with van der Waals surface area (Å²) in [4.78, 5) is 24.9. The average Bonchev–Trinajstić information content (AvgIpc) is 3.20. The summed E-state index contributed by atoms with van der Waals surface area (Å²) < 4.78 is 7.33. The lowest BCUT2D eigenvalue weighted by molar-refractivity contribution is 0.0734. The van der Waals surface area contributed by atoms with Crippen molar-refractivity contribution in [2.45, 2.75) is 0 Å². The summed E-state index contributed by atoms with van der Waals surface area (Å²) in [5, 5.41) is 4.05. The van der Waals surface area contributed by atoms with Crippen LogP contribution in [0.5, 0.6) is 0 Å². The molecular weight excluding hydrogens is 296 g/mol. The minimum atomic E-state index is 0.00359. The van der Waals surface area contributed by atoms with E-state index in [0.29, 0.717) is 49.1 Å². The van der Waals surface area contributed by atoms with Gasteiger partial charge in [0.15, 0.2) is 5.58 Å². The number of anilines is 1. The summed E-state index contributed by atoms with van der Waals surface area (Å²) in [6.45, 7) is 2.60. The largest absolute Gasteiger partial charge is 0.422 e. The molecule has 0 aliphatic carbocycles. The molecule has 8 heteroatoms. The van der Waals surface area contributed by atoms with Crippen molar-refractivity contribution in [2.75, 3.05) is 31.1 Å². The van der Waals surface area contributed by atoms with Crippen LogP contribution in [-0.2, 0) is 7.05 Å². The summed E-state index contributed by atoms with van der Waals surface area (Å²) in [6, 6.07) is 5.97. The zero-order valence-electron chi connectivity index (χ0n) is 12.7. The van der Waals surface area contributed by atoms with E-state index in [-0.39, 0.29) is 5.91 Å². The second kappa shape index (κ2) is 5.38. The zero-order valence-corrected chi connectivity index (χ0v) is 12.7. The van der Waals surface area contributed by atoms with Gasteiger partial charge in [-0.3, -0.25) is 9.48 Å². The number of nitrogens with zero attached hydrogens (tertiary/aromatic N) is 6. The third-order valence-electron chi connectivity index (χ3n) is 4.03. The highest BCUT2D eigenvalue weighted by molar-refractivity contribution is 5.92. The molecule has 1 amide bonds. The quantitative estimate of drug-likeness (QED) is 0.700. The number of hydrogen-bond acceptors (Lipinski definition) is 6. The van der Waals surface area contributed by atoms with E-state index in [4.69, 9.17) is 4.42 Å². The van der Waals surface area contributed by atoms with E-state index in [1.165, 1.54) is 0 Å². The number of carbonyl (C=O) groups is 1. The Bertz CT molecular complexity index is 813. The number of piperazine rings is 1. The van der Waals surface area contributed by atoms with E-state index in [9.17, 15) is 4.79 Å². The number of hydrogen-bond donors (Lipinski definition) is 0. The molecule has 0 unspecified atom stereocenters. The van der Waals surface area contributed by atoms with Crippen LogP contribution in [0.15, 0.2) is 35.0 Å². The van der Waals surface area contributed by atoms with Gasteiger partial charge in [0.25, 0.3) is 11.9 Å². The highest BCUT2D eigenvalue weighted by atomic mass is 16.4. The number of fused-ring (bicyclic) bond motifs is 1. The summed E-state index contributed by atoms with van der Waals surface area (Å²) in [6.07, 6.45) is 3.33. The van der Waals surface area contributed by atoms with Crippen molar-refractivity contribution in [3.8, 4) is 0 Å². The minimum Gasteiger partial charge on any atom is -0.422 e. The summed E-state index contributed by atoms with van der Waals surface area (Å²) in [5.74, 6) is 0.00359. The third kappa shape index (κ3) is 2.41. The van der Waals surface area contributed by atoms with Gasteiger partial charge in [-0.25, -0.2) is 4.98 Å². The normalized spacial score (nSPS) is 15.3. The molecule has 118 valence electrons. The van der Waals surface area contributed by atoms with Crippen LogP contribution in [0.4, 0.5) is 6.01 Å². The predicted molar refractivity (Wildman–Crippen MR) is 83.1 cm³/mol. The molecule has 0 bridgehead atoms. The van der Waals surface area contributed by atoms with Gasteiger partial charge < -0.3 is 14.2 Å². The molecule has 0 N–H and O–H groups in total. The molecule has 0 aromatic carbocycles. The minimum absolute atomic E-state index is 0.00359. The lowest BCUT2D eigenvalue weighted by atomic mass is 10.3. The zero-order chi connectivity index (χ0) is 15.8. The molecule has 4 rings (SSSR count). The summed E-state index contributed by atoms with van der Waals surface area (Å²) in [7, 11) is 1.77. The van der Waals surface area contributed by atoms with Gasteiger partial charge in [0.1, 0.15) is 5.69 Å². The van der Waals surface area contributed by atoms with Crippen LogP contribution < -0.4 is 4.90 Å². The Hall–Kier alpha value is -2.90.